The van der Waals surface area contributed by atoms with Gasteiger partial charge < -0.3 is 0 Å². The fraction of sp³-hybridized carbons (Fsp3) is 0.526. The highest BCUT2D eigenvalue weighted by atomic mass is 16.2. The second kappa shape index (κ2) is 8.62. The minimum atomic E-state index is -0.813. The molecule has 0 fully saturated rings. The summed E-state index contributed by atoms with van der Waals surface area (Å²) in [4.78, 5) is 36.1. The predicted molar refractivity (Wildman–Crippen MR) is 88.5 cm³/mol. The van der Waals surface area contributed by atoms with E-state index in [0.717, 1.165) is 24.8 Å². The molecule has 0 amide bonds. The van der Waals surface area contributed by atoms with E-state index in [0.29, 0.717) is 18.4 Å². The van der Waals surface area contributed by atoms with E-state index in [9.17, 15) is 14.4 Å². The Balaban J connectivity index is 2.70. The Morgan fingerprint density at radius 3 is 2.41 bits per heavy atom. The summed E-state index contributed by atoms with van der Waals surface area (Å²) in [5, 5.41) is 0. The second-order valence-corrected chi connectivity index (χ2v) is 6.17. The summed E-state index contributed by atoms with van der Waals surface area (Å²) in [6.45, 7) is 8.04. The molecule has 0 saturated carbocycles. The lowest BCUT2D eigenvalue weighted by atomic mass is 9.82. The van der Waals surface area contributed by atoms with Gasteiger partial charge in [0.05, 0.1) is 5.92 Å². The van der Waals surface area contributed by atoms with Crippen LogP contribution in [0.3, 0.4) is 0 Å². The van der Waals surface area contributed by atoms with Gasteiger partial charge in [-0.1, -0.05) is 36.6 Å². The van der Waals surface area contributed by atoms with Crippen LogP contribution in [-0.2, 0) is 14.4 Å². The van der Waals surface area contributed by atoms with Gasteiger partial charge in [0, 0.05) is 5.57 Å². The molecule has 0 aliphatic heterocycles. The van der Waals surface area contributed by atoms with Crippen molar-refractivity contribution < 1.29 is 14.4 Å². The quantitative estimate of drug-likeness (QED) is 0.403. The molecule has 0 aromatic rings. The Kier molecular flexibility index (Phi) is 7.16. The first-order chi connectivity index (χ1) is 10.4. The van der Waals surface area contributed by atoms with Crippen molar-refractivity contribution >= 4 is 17.3 Å². The van der Waals surface area contributed by atoms with Crippen LogP contribution in [0.4, 0.5) is 0 Å². The SMILES string of the molecule is CCCC1=CC(=O)C(CC=C(C)CCC=C(C)C)C(=O)C1=O. The molecule has 0 bridgehead atoms. The fourth-order valence-corrected chi connectivity index (χ4v) is 2.47. The van der Waals surface area contributed by atoms with E-state index < -0.39 is 17.5 Å². The highest BCUT2D eigenvalue weighted by Crippen LogP contribution is 2.22. The Bertz CT molecular complexity index is 543. The van der Waals surface area contributed by atoms with Crippen LogP contribution in [0.5, 0.6) is 0 Å². The van der Waals surface area contributed by atoms with Gasteiger partial charge in [-0.05, 0) is 52.5 Å². The number of Topliss-reactive ketones (excluding diaryl/α,β-unsaturated/α-hetero) is 2. The maximum atomic E-state index is 12.1. The Hall–Kier alpha value is -1.77. The molecule has 22 heavy (non-hydrogen) atoms. The minimum Gasteiger partial charge on any atom is -0.294 e. The summed E-state index contributed by atoms with van der Waals surface area (Å²) < 4.78 is 0. The summed E-state index contributed by atoms with van der Waals surface area (Å²) in [6.07, 6.45) is 8.92. The monoisotopic (exact) mass is 302 g/mol. The molecular formula is C19H26O3. The van der Waals surface area contributed by atoms with Gasteiger partial charge in [-0.2, -0.15) is 0 Å². The van der Waals surface area contributed by atoms with Gasteiger partial charge in [-0.25, -0.2) is 0 Å². The van der Waals surface area contributed by atoms with Gasteiger partial charge in [-0.3, -0.25) is 14.4 Å². The number of carbonyl (C=O) groups is 3. The molecule has 0 saturated heterocycles. The van der Waals surface area contributed by atoms with Crippen LogP contribution in [0.2, 0.25) is 0 Å². The van der Waals surface area contributed by atoms with E-state index >= 15 is 0 Å². The molecule has 3 heteroatoms. The van der Waals surface area contributed by atoms with E-state index in [1.807, 2.05) is 19.9 Å². The Morgan fingerprint density at radius 1 is 1.14 bits per heavy atom. The van der Waals surface area contributed by atoms with Crippen LogP contribution in [0.25, 0.3) is 0 Å². The molecule has 0 aromatic heterocycles. The summed E-state index contributed by atoms with van der Waals surface area (Å²) in [5.41, 5.74) is 2.80. The molecule has 120 valence electrons. The number of carbonyl (C=O) groups excluding carboxylic acids is 3. The van der Waals surface area contributed by atoms with Gasteiger partial charge in [0.25, 0.3) is 0 Å². The minimum absolute atomic E-state index is 0.221. The Morgan fingerprint density at radius 2 is 1.82 bits per heavy atom. The van der Waals surface area contributed by atoms with E-state index in [2.05, 4.69) is 19.9 Å². The maximum absolute atomic E-state index is 12.1. The van der Waals surface area contributed by atoms with Crippen molar-refractivity contribution in [3.8, 4) is 0 Å². The average molecular weight is 302 g/mol. The van der Waals surface area contributed by atoms with Crippen LogP contribution in [0.1, 0.15) is 59.8 Å². The van der Waals surface area contributed by atoms with Gasteiger partial charge in [0.15, 0.2) is 5.78 Å². The molecule has 1 unspecified atom stereocenters. The molecular weight excluding hydrogens is 276 g/mol. The molecule has 1 atom stereocenters. The highest BCUT2D eigenvalue weighted by molar-refractivity contribution is 6.50. The molecule has 3 nitrogen and oxygen atoms in total. The molecule has 0 radical (unpaired) electrons. The number of rotatable bonds is 7. The first kappa shape index (κ1) is 18.3. The van der Waals surface area contributed by atoms with Crippen molar-refractivity contribution in [2.75, 3.05) is 0 Å². The van der Waals surface area contributed by atoms with Crippen molar-refractivity contribution in [1.82, 2.24) is 0 Å². The largest absolute Gasteiger partial charge is 0.294 e. The fourth-order valence-electron chi connectivity index (χ4n) is 2.47. The van der Waals surface area contributed by atoms with Crippen LogP contribution in [0.15, 0.2) is 34.9 Å². The van der Waals surface area contributed by atoms with Crippen LogP contribution >= 0.6 is 0 Å². The van der Waals surface area contributed by atoms with E-state index in [1.54, 1.807) is 0 Å². The summed E-state index contributed by atoms with van der Waals surface area (Å²) in [6, 6.07) is 0. The highest BCUT2D eigenvalue weighted by Gasteiger charge is 2.35. The molecule has 0 heterocycles. The number of allylic oxidation sites excluding steroid dienone is 6. The molecule has 1 aliphatic rings. The number of ketones is 3. The van der Waals surface area contributed by atoms with Crippen molar-refractivity contribution in [2.45, 2.75) is 59.8 Å². The lowest BCUT2D eigenvalue weighted by Crippen LogP contribution is -2.34. The van der Waals surface area contributed by atoms with E-state index in [-0.39, 0.29) is 5.78 Å². The summed E-state index contributed by atoms with van der Waals surface area (Å²) >= 11 is 0. The van der Waals surface area contributed by atoms with Crippen LogP contribution in [-0.4, -0.2) is 17.3 Å². The van der Waals surface area contributed by atoms with Crippen molar-refractivity contribution in [1.29, 1.82) is 0 Å². The third-order valence-corrected chi connectivity index (χ3v) is 3.80. The Labute approximate surface area is 133 Å². The van der Waals surface area contributed by atoms with E-state index in [1.165, 1.54) is 11.6 Å². The molecule has 0 N–H and O–H groups in total. The topological polar surface area (TPSA) is 51.2 Å². The van der Waals surface area contributed by atoms with Crippen molar-refractivity contribution in [2.24, 2.45) is 5.92 Å². The van der Waals surface area contributed by atoms with Gasteiger partial charge in [0.1, 0.15) is 0 Å². The first-order valence-corrected chi connectivity index (χ1v) is 7.98. The average Bonchev–Trinajstić information content (AvgIpc) is 2.44. The van der Waals surface area contributed by atoms with Gasteiger partial charge >= 0.3 is 0 Å². The molecule has 1 rings (SSSR count). The lowest BCUT2D eigenvalue weighted by Gasteiger charge is -2.17. The smallest absolute Gasteiger partial charge is 0.225 e. The normalized spacial score (nSPS) is 19.3. The van der Waals surface area contributed by atoms with Crippen molar-refractivity contribution in [3.05, 3.63) is 34.9 Å². The summed E-state index contributed by atoms with van der Waals surface area (Å²) in [7, 11) is 0. The third-order valence-electron chi connectivity index (χ3n) is 3.80. The zero-order chi connectivity index (χ0) is 16.7. The molecule has 0 spiro atoms. The molecule has 0 aromatic carbocycles. The first-order valence-electron chi connectivity index (χ1n) is 7.98. The zero-order valence-corrected chi connectivity index (χ0v) is 14.1. The zero-order valence-electron chi connectivity index (χ0n) is 14.1. The number of hydrogen-bond donors (Lipinski definition) is 0. The summed E-state index contributed by atoms with van der Waals surface area (Å²) in [5.74, 6) is -2.04. The molecule has 1 aliphatic carbocycles. The third kappa shape index (κ3) is 5.21. The van der Waals surface area contributed by atoms with Gasteiger partial charge in [-0.15, -0.1) is 0 Å². The van der Waals surface area contributed by atoms with Crippen molar-refractivity contribution in [3.63, 3.8) is 0 Å². The van der Waals surface area contributed by atoms with Crippen LogP contribution < -0.4 is 0 Å². The number of hydrogen-bond acceptors (Lipinski definition) is 3. The second-order valence-electron chi connectivity index (χ2n) is 6.17. The maximum Gasteiger partial charge on any atom is 0.225 e. The van der Waals surface area contributed by atoms with Gasteiger partial charge in [0.2, 0.25) is 11.6 Å². The van der Waals surface area contributed by atoms with E-state index in [4.69, 9.17) is 0 Å². The lowest BCUT2D eigenvalue weighted by molar-refractivity contribution is -0.141. The van der Waals surface area contributed by atoms with Crippen LogP contribution in [0, 0.1) is 5.92 Å². The predicted octanol–water partition coefficient (Wildman–Crippen LogP) is 4.13. The standard InChI is InChI=1S/C19H26O3/c1-5-7-15-12-17(20)16(19(22)18(15)21)11-10-14(4)9-6-8-13(2)3/h8,10,12,16H,5-7,9,11H2,1-4H3.